The van der Waals surface area contributed by atoms with Gasteiger partial charge in [0.1, 0.15) is 5.75 Å². The molecule has 0 aliphatic rings. The molecule has 0 unspecified atom stereocenters. The summed E-state index contributed by atoms with van der Waals surface area (Å²) in [4.78, 5) is 13.6. The molecule has 0 bridgehead atoms. The van der Waals surface area contributed by atoms with Crippen LogP contribution < -0.4 is 10.5 Å². The van der Waals surface area contributed by atoms with E-state index in [2.05, 4.69) is 0 Å². The highest BCUT2D eigenvalue weighted by Gasteiger charge is 2.12. The van der Waals surface area contributed by atoms with Crippen molar-refractivity contribution in [2.24, 2.45) is 0 Å². The summed E-state index contributed by atoms with van der Waals surface area (Å²) in [5, 5.41) is 0. The van der Waals surface area contributed by atoms with Gasteiger partial charge < -0.3 is 20.1 Å². The lowest BCUT2D eigenvalue weighted by atomic mass is 10.1. The number of benzene rings is 1. The van der Waals surface area contributed by atoms with Crippen molar-refractivity contribution in [2.45, 2.75) is 0 Å². The van der Waals surface area contributed by atoms with Crippen LogP contribution >= 0.6 is 0 Å². The molecule has 94 valence electrons. The van der Waals surface area contributed by atoms with Crippen LogP contribution in [0.25, 0.3) is 0 Å². The molecular formula is C12H18N2O3. The molecular weight excluding hydrogens is 220 g/mol. The van der Waals surface area contributed by atoms with Gasteiger partial charge in [0.05, 0.1) is 19.4 Å². The highest BCUT2D eigenvalue weighted by atomic mass is 16.5. The number of rotatable bonds is 5. The molecule has 0 saturated heterocycles. The maximum absolute atomic E-state index is 12.0. The quantitative estimate of drug-likeness (QED) is 0.777. The van der Waals surface area contributed by atoms with Crippen LogP contribution in [0, 0.1) is 0 Å². The summed E-state index contributed by atoms with van der Waals surface area (Å²) in [6.45, 7) is 1.05. The molecule has 5 nitrogen and oxygen atoms in total. The Morgan fingerprint density at radius 3 is 2.65 bits per heavy atom. The van der Waals surface area contributed by atoms with Crippen LogP contribution in [0.15, 0.2) is 18.2 Å². The van der Waals surface area contributed by atoms with Crippen molar-refractivity contribution in [3.05, 3.63) is 23.8 Å². The summed E-state index contributed by atoms with van der Waals surface area (Å²) in [6, 6.07) is 5.00. The number of carbonyl (C=O) groups excluding carboxylic acids is 1. The molecule has 0 saturated carbocycles. The fourth-order valence-electron chi connectivity index (χ4n) is 1.42. The Kier molecular flexibility index (Phi) is 4.78. The number of anilines is 1. The molecule has 0 fully saturated rings. The zero-order chi connectivity index (χ0) is 12.8. The molecule has 0 aliphatic heterocycles. The van der Waals surface area contributed by atoms with Gasteiger partial charge in [0.2, 0.25) is 0 Å². The molecule has 0 atom stereocenters. The Morgan fingerprint density at radius 1 is 1.41 bits per heavy atom. The SMILES string of the molecule is COCCN(C)C(=O)c1ccc(OC)c(N)c1. The Labute approximate surface area is 101 Å². The van der Waals surface area contributed by atoms with Gasteiger partial charge in [-0.1, -0.05) is 0 Å². The fourth-order valence-corrected chi connectivity index (χ4v) is 1.42. The van der Waals surface area contributed by atoms with Gasteiger partial charge in [0.25, 0.3) is 5.91 Å². The summed E-state index contributed by atoms with van der Waals surface area (Å²) >= 11 is 0. The monoisotopic (exact) mass is 238 g/mol. The lowest BCUT2D eigenvalue weighted by molar-refractivity contribution is 0.0744. The number of methoxy groups -OCH3 is 2. The predicted octanol–water partition coefficient (Wildman–Crippen LogP) is 0.996. The number of hydrogen-bond acceptors (Lipinski definition) is 4. The van der Waals surface area contributed by atoms with E-state index in [0.29, 0.717) is 30.2 Å². The Bertz CT molecular complexity index is 393. The van der Waals surface area contributed by atoms with Gasteiger partial charge in [-0.05, 0) is 18.2 Å². The lowest BCUT2D eigenvalue weighted by Gasteiger charge is -2.17. The second kappa shape index (κ2) is 6.10. The van der Waals surface area contributed by atoms with Crippen molar-refractivity contribution in [1.82, 2.24) is 4.90 Å². The summed E-state index contributed by atoms with van der Waals surface area (Å²) in [5.74, 6) is 0.484. The molecule has 1 rings (SSSR count). The topological polar surface area (TPSA) is 64.8 Å². The Hall–Kier alpha value is -1.75. The smallest absolute Gasteiger partial charge is 0.253 e. The minimum Gasteiger partial charge on any atom is -0.495 e. The third-order valence-corrected chi connectivity index (χ3v) is 2.45. The first-order valence-electron chi connectivity index (χ1n) is 5.28. The minimum atomic E-state index is -0.0867. The zero-order valence-corrected chi connectivity index (χ0v) is 10.4. The van der Waals surface area contributed by atoms with Crippen molar-refractivity contribution in [3.63, 3.8) is 0 Å². The second-order valence-electron chi connectivity index (χ2n) is 3.68. The molecule has 0 spiro atoms. The van der Waals surface area contributed by atoms with Gasteiger partial charge >= 0.3 is 0 Å². The van der Waals surface area contributed by atoms with E-state index >= 15 is 0 Å². The largest absolute Gasteiger partial charge is 0.495 e. The standard InChI is InChI=1S/C12H18N2O3/c1-14(6-7-16-2)12(15)9-4-5-11(17-3)10(13)8-9/h4-5,8H,6-7,13H2,1-3H3. The van der Waals surface area contributed by atoms with Crippen molar-refractivity contribution in [3.8, 4) is 5.75 Å². The first-order valence-corrected chi connectivity index (χ1v) is 5.28. The number of carbonyl (C=O) groups is 1. The van der Waals surface area contributed by atoms with Gasteiger partial charge in [0, 0.05) is 26.3 Å². The molecule has 5 heteroatoms. The maximum Gasteiger partial charge on any atom is 0.253 e. The number of likely N-dealkylation sites (N-methyl/N-ethyl adjacent to an activating group) is 1. The van der Waals surface area contributed by atoms with Crippen LogP contribution in [0.5, 0.6) is 5.75 Å². The average Bonchev–Trinajstić information content (AvgIpc) is 2.34. The maximum atomic E-state index is 12.0. The number of nitrogens with zero attached hydrogens (tertiary/aromatic N) is 1. The number of hydrogen-bond donors (Lipinski definition) is 1. The fraction of sp³-hybridized carbons (Fsp3) is 0.417. The third kappa shape index (κ3) is 3.35. The summed E-state index contributed by atoms with van der Waals surface area (Å²) in [6.07, 6.45) is 0. The van der Waals surface area contributed by atoms with Gasteiger partial charge in [-0.2, -0.15) is 0 Å². The molecule has 0 aromatic heterocycles. The summed E-state index contributed by atoms with van der Waals surface area (Å²) in [5.41, 5.74) is 6.75. The van der Waals surface area contributed by atoms with Crippen molar-refractivity contribution < 1.29 is 14.3 Å². The summed E-state index contributed by atoms with van der Waals surface area (Å²) in [7, 11) is 4.86. The summed E-state index contributed by atoms with van der Waals surface area (Å²) < 4.78 is 9.96. The highest BCUT2D eigenvalue weighted by Crippen LogP contribution is 2.22. The Morgan fingerprint density at radius 2 is 2.12 bits per heavy atom. The number of amides is 1. The molecule has 1 aromatic rings. The van der Waals surface area contributed by atoms with E-state index in [0.717, 1.165) is 0 Å². The van der Waals surface area contributed by atoms with Crippen LogP contribution in [-0.2, 0) is 4.74 Å². The van der Waals surface area contributed by atoms with Crippen LogP contribution in [0.1, 0.15) is 10.4 Å². The van der Waals surface area contributed by atoms with E-state index in [9.17, 15) is 4.79 Å². The molecule has 0 heterocycles. The lowest BCUT2D eigenvalue weighted by Crippen LogP contribution is -2.29. The van der Waals surface area contributed by atoms with E-state index in [1.54, 1.807) is 37.3 Å². The molecule has 0 aliphatic carbocycles. The Balaban J connectivity index is 2.78. The third-order valence-electron chi connectivity index (χ3n) is 2.45. The normalized spacial score (nSPS) is 10.1. The molecule has 1 aromatic carbocycles. The van der Waals surface area contributed by atoms with Crippen LogP contribution in [0.3, 0.4) is 0 Å². The number of nitrogen functional groups attached to an aromatic ring is 1. The van der Waals surface area contributed by atoms with Gasteiger partial charge in [-0.15, -0.1) is 0 Å². The van der Waals surface area contributed by atoms with Gasteiger partial charge in [0.15, 0.2) is 0 Å². The molecule has 17 heavy (non-hydrogen) atoms. The van der Waals surface area contributed by atoms with E-state index in [-0.39, 0.29) is 5.91 Å². The predicted molar refractivity (Wildman–Crippen MR) is 66.2 cm³/mol. The first kappa shape index (κ1) is 13.3. The average molecular weight is 238 g/mol. The highest BCUT2D eigenvalue weighted by molar-refractivity contribution is 5.95. The van der Waals surface area contributed by atoms with E-state index in [1.807, 2.05) is 0 Å². The first-order chi connectivity index (χ1) is 8.10. The van der Waals surface area contributed by atoms with Gasteiger partial charge in [-0.3, -0.25) is 4.79 Å². The van der Waals surface area contributed by atoms with E-state index in [4.69, 9.17) is 15.2 Å². The molecule has 2 N–H and O–H groups in total. The van der Waals surface area contributed by atoms with Crippen LogP contribution in [0.4, 0.5) is 5.69 Å². The van der Waals surface area contributed by atoms with Crippen LogP contribution in [-0.4, -0.2) is 45.2 Å². The van der Waals surface area contributed by atoms with Crippen molar-refractivity contribution >= 4 is 11.6 Å². The number of nitrogens with two attached hydrogens (primary N) is 1. The zero-order valence-electron chi connectivity index (χ0n) is 10.4. The minimum absolute atomic E-state index is 0.0867. The molecule has 0 radical (unpaired) electrons. The van der Waals surface area contributed by atoms with E-state index < -0.39 is 0 Å². The molecule has 1 amide bonds. The van der Waals surface area contributed by atoms with Crippen LogP contribution in [0.2, 0.25) is 0 Å². The van der Waals surface area contributed by atoms with Crippen molar-refractivity contribution in [1.29, 1.82) is 0 Å². The van der Waals surface area contributed by atoms with Crippen molar-refractivity contribution in [2.75, 3.05) is 40.2 Å². The second-order valence-corrected chi connectivity index (χ2v) is 3.68. The number of ether oxygens (including phenoxy) is 2. The van der Waals surface area contributed by atoms with E-state index in [1.165, 1.54) is 7.11 Å². The van der Waals surface area contributed by atoms with Gasteiger partial charge in [-0.25, -0.2) is 0 Å².